The summed E-state index contributed by atoms with van der Waals surface area (Å²) in [4.78, 5) is 4.37. The van der Waals surface area contributed by atoms with Crippen molar-refractivity contribution < 1.29 is 9.26 Å². The first-order valence-electron chi connectivity index (χ1n) is 6.42. The summed E-state index contributed by atoms with van der Waals surface area (Å²) >= 11 is 1.74. The Morgan fingerprint density at radius 3 is 2.75 bits per heavy atom. The van der Waals surface area contributed by atoms with Crippen LogP contribution < -0.4 is 5.73 Å². The topological polar surface area (TPSA) is 74.2 Å². The Morgan fingerprint density at radius 2 is 2.10 bits per heavy atom. The number of methoxy groups -OCH3 is 1. The van der Waals surface area contributed by atoms with Crippen LogP contribution in [0.4, 0.5) is 0 Å². The van der Waals surface area contributed by atoms with Gasteiger partial charge in [-0.3, -0.25) is 0 Å². The summed E-state index contributed by atoms with van der Waals surface area (Å²) in [6.07, 6.45) is 2.52. The SMILES string of the molecule is COC(c1ccccc1)c1noc(C(N)CCSC)n1. The van der Waals surface area contributed by atoms with Gasteiger partial charge in [-0.1, -0.05) is 35.5 Å². The van der Waals surface area contributed by atoms with Crippen LogP contribution in [0.3, 0.4) is 0 Å². The second kappa shape index (κ2) is 7.42. The van der Waals surface area contributed by atoms with Crippen LogP contribution in [-0.4, -0.2) is 29.3 Å². The number of nitrogens with two attached hydrogens (primary N) is 1. The Balaban J connectivity index is 2.14. The highest BCUT2D eigenvalue weighted by Gasteiger charge is 2.22. The molecule has 2 unspecified atom stereocenters. The number of hydrogen-bond donors (Lipinski definition) is 1. The molecule has 0 radical (unpaired) electrons. The zero-order chi connectivity index (χ0) is 14.4. The molecular formula is C14H19N3O2S. The lowest BCUT2D eigenvalue weighted by molar-refractivity contribution is 0.126. The van der Waals surface area contributed by atoms with E-state index in [0.717, 1.165) is 17.7 Å². The minimum absolute atomic E-state index is 0.225. The number of nitrogens with zero attached hydrogens (tertiary/aromatic N) is 2. The van der Waals surface area contributed by atoms with Gasteiger partial charge in [-0.05, 0) is 24.0 Å². The van der Waals surface area contributed by atoms with E-state index in [1.807, 2.05) is 36.6 Å². The van der Waals surface area contributed by atoms with Crippen molar-refractivity contribution in [3.05, 3.63) is 47.6 Å². The molecule has 20 heavy (non-hydrogen) atoms. The molecule has 6 heteroatoms. The van der Waals surface area contributed by atoms with Gasteiger partial charge in [-0.25, -0.2) is 0 Å². The molecule has 2 atom stereocenters. The van der Waals surface area contributed by atoms with E-state index in [9.17, 15) is 0 Å². The predicted octanol–water partition coefficient (Wildman–Crippen LogP) is 2.56. The van der Waals surface area contributed by atoms with Crippen LogP contribution in [0.15, 0.2) is 34.9 Å². The Labute approximate surface area is 122 Å². The minimum Gasteiger partial charge on any atom is -0.369 e. The molecule has 0 saturated carbocycles. The standard InChI is InChI=1S/C14H19N3O2S/c1-18-12(10-6-4-3-5-7-10)13-16-14(19-17-13)11(15)8-9-20-2/h3-7,11-12H,8-9,15H2,1-2H3. The molecule has 1 aromatic carbocycles. The third-order valence-corrected chi connectivity index (χ3v) is 3.62. The van der Waals surface area contributed by atoms with Crippen LogP contribution in [0.25, 0.3) is 0 Å². The van der Waals surface area contributed by atoms with E-state index in [4.69, 9.17) is 15.0 Å². The molecule has 1 heterocycles. The second-order valence-corrected chi connectivity index (χ2v) is 5.39. The number of thioether (sulfide) groups is 1. The molecule has 0 aliphatic heterocycles. The highest BCUT2D eigenvalue weighted by Crippen LogP contribution is 2.24. The number of aromatic nitrogens is 2. The van der Waals surface area contributed by atoms with E-state index in [1.54, 1.807) is 18.9 Å². The summed E-state index contributed by atoms with van der Waals surface area (Å²) in [5.74, 6) is 1.94. The fraction of sp³-hybridized carbons (Fsp3) is 0.429. The third kappa shape index (κ3) is 3.59. The van der Waals surface area contributed by atoms with E-state index in [0.29, 0.717) is 11.7 Å². The van der Waals surface area contributed by atoms with Gasteiger partial charge < -0.3 is 15.0 Å². The molecule has 0 aliphatic carbocycles. The van der Waals surface area contributed by atoms with E-state index < -0.39 is 0 Å². The zero-order valence-corrected chi connectivity index (χ0v) is 12.5. The van der Waals surface area contributed by atoms with Crippen LogP contribution in [-0.2, 0) is 4.74 Å². The Kier molecular flexibility index (Phi) is 5.58. The first-order valence-corrected chi connectivity index (χ1v) is 7.81. The van der Waals surface area contributed by atoms with Gasteiger partial charge in [0, 0.05) is 7.11 Å². The lowest BCUT2D eigenvalue weighted by atomic mass is 10.1. The molecule has 0 amide bonds. The van der Waals surface area contributed by atoms with Gasteiger partial charge >= 0.3 is 0 Å². The predicted molar refractivity (Wildman–Crippen MR) is 79.5 cm³/mol. The maximum atomic E-state index is 6.02. The van der Waals surface area contributed by atoms with Gasteiger partial charge in [0.15, 0.2) is 0 Å². The second-order valence-electron chi connectivity index (χ2n) is 4.41. The van der Waals surface area contributed by atoms with Gasteiger partial charge in [0.1, 0.15) is 6.10 Å². The largest absolute Gasteiger partial charge is 0.369 e. The molecule has 2 aromatic rings. The normalized spacial score (nSPS) is 14.2. The van der Waals surface area contributed by atoms with Gasteiger partial charge in [0.25, 0.3) is 0 Å². The first kappa shape index (κ1) is 15.0. The Morgan fingerprint density at radius 1 is 1.35 bits per heavy atom. The molecule has 0 bridgehead atoms. The number of rotatable bonds is 7. The van der Waals surface area contributed by atoms with Crippen molar-refractivity contribution in [1.29, 1.82) is 0 Å². The van der Waals surface area contributed by atoms with Crippen molar-refractivity contribution in [3.8, 4) is 0 Å². The Bertz CT molecular complexity index is 518. The lowest BCUT2D eigenvalue weighted by Gasteiger charge is -2.11. The van der Waals surface area contributed by atoms with Crippen LogP contribution in [0.2, 0.25) is 0 Å². The zero-order valence-electron chi connectivity index (χ0n) is 11.7. The van der Waals surface area contributed by atoms with E-state index in [1.165, 1.54) is 0 Å². The number of benzene rings is 1. The van der Waals surface area contributed by atoms with Gasteiger partial charge in [0.05, 0.1) is 6.04 Å². The smallest absolute Gasteiger partial charge is 0.243 e. The molecule has 5 nitrogen and oxygen atoms in total. The summed E-state index contributed by atoms with van der Waals surface area (Å²) in [5.41, 5.74) is 7.01. The van der Waals surface area contributed by atoms with Crippen molar-refractivity contribution in [3.63, 3.8) is 0 Å². The molecule has 0 saturated heterocycles. The average Bonchev–Trinajstić information content (AvgIpc) is 2.96. The maximum absolute atomic E-state index is 6.02. The molecular weight excluding hydrogens is 274 g/mol. The summed E-state index contributed by atoms with van der Waals surface area (Å²) in [6.45, 7) is 0. The Hall–Kier alpha value is -1.37. The molecule has 2 N–H and O–H groups in total. The van der Waals surface area contributed by atoms with Crippen LogP contribution in [0.1, 0.15) is 35.8 Å². The quantitative estimate of drug-likeness (QED) is 0.845. The average molecular weight is 293 g/mol. The summed E-state index contributed by atoms with van der Waals surface area (Å²) in [7, 11) is 1.63. The fourth-order valence-corrected chi connectivity index (χ4v) is 2.38. The maximum Gasteiger partial charge on any atom is 0.243 e. The highest BCUT2D eigenvalue weighted by atomic mass is 32.2. The summed E-state index contributed by atoms with van der Waals surface area (Å²) < 4.78 is 10.7. The number of ether oxygens (including phenoxy) is 1. The minimum atomic E-state index is -0.332. The number of hydrogen-bond acceptors (Lipinski definition) is 6. The van der Waals surface area contributed by atoms with Crippen LogP contribution in [0, 0.1) is 0 Å². The van der Waals surface area contributed by atoms with Crippen LogP contribution in [0.5, 0.6) is 0 Å². The lowest BCUT2D eigenvalue weighted by Crippen LogP contribution is -2.12. The highest BCUT2D eigenvalue weighted by molar-refractivity contribution is 7.98. The van der Waals surface area contributed by atoms with Crippen molar-refractivity contribution in [2.24, 2.45) is 5.73 Å². The molecule has 2 rings (SSSR count). The third-order valence-electron chi connectivity index (χ3n) is 2.98. The molecule has 0 fully saturated rings. The fourth-order valence-electron chi connectivity index (χ4n) is 1.89. The van der Waals surface area contributed by atoms with Gasteiger partial charge in [-0.2, -0.15) is 16.7 Å². The molecule has 108 valence electrons. The van der Waals surface area contributed by atoms with Crippen molar-refractivity contribution >= 4 is 11.8 Å². The van der Waals surface area contributed by atoms with E-state index in [2.05, 4.69) is 10.1 Å². The van der Waals surface area contributed by atoms with Crippen molar-refractivity contribution in [1.82, 2.24) is 10.1 Å². The monoisotopic (exact) mass is 293 g/mol. The molecule has 0 spiro atoms. The van der Waals surface area contributed by atoms with E-state index in [-0.39, 0.29) is 12.1 Å². The molecule has 1 aromatic heterocycles. The van der Waals surface area contributed by atoms with E-state index >= 15 is 0 Å². The summed E-state index contributed by atoms with van der Waals surface area (Å²) in [5, 5.41) is 3.99. The summed E-state index contributed by atoms with van der Waals surface area (Å²) in [6, 6.07) is 9.57. The van der Waals surface area contributed by atoms with Gasteiger partial charge in [0.2, 0.25) is 11.7 Å². The first-order chi connectivity index (χ1) is 9.76. The van der Waals surface area contributed by atoms with Crippen molar-refractivity contribution in [2.45, 2.75) is 18.6 Å². The van der Waals surface area contributed by atoms with Gasteiger partial charge in [-0.15, -0.1) is 0 Å². The van der Waals surface area contributed by atoms with Crippen LogP contribution >= 0.6 is 11.8 Å². The van der Waals surface area contributed by atoms with Crippen molar-refractivity contribution in [2.75, 3.05) is 19.1 Å². The molecule has 0 aliphatic rings.